The Morgan fingerprint density at radius 1 is 1.14 bits per heavy atom. The summed E-state index contributed by atoms with van der Waals surface area (Å²) >= 11 is 0. The van der Waals surface area contributed by atoms with Crippen molar-refractivity contribution in [2.45, 2.75) is 39.9 Å². The van der Waals surface area contributed by atoms with Crippen molar-refractivity contribution in [3.63, 3.8) is 0 Å². The average Bonchev–Trinajstić information content (AvgIpc) is 2.87. The first-order valence-corrected chi connectivity index (χ1v) is 12.1. The molecule has 8 nitrogen and oxygen atoms in total. The summed E-state index contributed by atoms with van der Waals surface area (Å²) in [6.45, 7) is 5.74. The van der Waals surface area contributed by atoms with E-state index in [0.717, 1.165) is 5.56 Å². The summed E-state index contributed by atoms with van der Waals surface area (Å²) in [4.78, 5) is 27.5. The van der Waals surface area contributed by atoms with E-state index in [2.05, 4.69) is 0 Å². The van der Waals surface area contributed by atoms with Crippen LogP contribution < -0.4 is 19.1 Å². The van der Waals surface area contributed by atoms with Crippen LogP contribution in [0.4, 0.5) is 10.5 Å². The van der Waals surface area contributed by atoms with Gasteiger partial charge in [-0.15, -0.1) is 0 Å². The zero-order valence-corrected chi connectivity index (χ0v) is 21.6. The van der Waals surface area contributed by atoms with Gasteiger partial charge in [-0.3, -0.25) is 4.90 Å². The van der Waals surface area contributed by atoms with E-state index < -0.39 is 18.2 Å². The molecule has 3 aromatic carbocycles. The van der Waals surface area contributed by atoms with Gasteiger partial charge in [-0.1, -0.05) is 32.0 Å². The normalized spacial score (nSPS) is 13.3. The number of benzene rings is 3. The number of hydrogen-bond acceptors (Lipinski definition) is 7. The smallest absolute Gasteiger partial charge is 0.419 e. The molecule has 0 saturated heterocycles. The molecule has 0 spiro atoms. The zero-order valence-electron chi connectivity index (χ0n) is 21.6. The van der Waals surface area contributed by atoms with E-state index in [1.807, 2.05) is 45.0 Å². The Balaban J connectivity index is 1.74. The quantitative estimate of drug-likeness (QED) is 0.400. The highest BCUT2D eigenvalue weighted by Gasteiger charge is 2.31. The zero-order chi connectivity index (χ0) is 26.7. The molecule has 0 aliphatic carbocycles. The molecule has 4 rings (SSSR count). The number of carbonyl (C=O) groups excluding carboxylic acids is 2. The number of methoxy groups -OCH3 is 1. The Morgan fingerprint density at radius 3 is 2.54 bits per heavy atom. The van der Waals surface area contributed by atoms with Crippen molar-refractivity contribution in [3.05, 3.63) is 76.9 Å². The molecule has 1 aliphatic heterocycles. The highest BCUT2D eigenvalue weighted by molar-refractivity contribution is 5.97. The molecular weight excluding hydrogens is 474 g/mol. The van der Waals surface area contributed by atoms with Gasteiger partial charge in [0.25, 0.3) is 0 Å². The molecule has 1 aliphatic rings. The Kier molecular flexibility index (Phi) is 7.69. The minimum absolute atomic E-state index is 0.0627. The van der Waals surface area contributed by atoms with Crippen LogP contribution in [0.2, 0.25) is 0 Å². The van der Waals surface area contributed by atoms with Crippen molar-refractivity contribution in [3.8, 4) is 23.0 Å². The third kappa shape index (κ3) is 5.54. The first-order chi connectivity index (χ1) is 17.7. The molecule has 0 aromatic heterocycles. The standard InChI is InChI=1S/C29H31NO7/c1-17(2)13-22(31)21-11-12-23-25(27(21)34-5)28(32)35-16-19-14-18(3)15-24(26(19)36-23)37-29(33)30(4)20-9-7-6-8-10-20/h6-12,14-15,17,22,31H,13,16H2,1-5H3/t22-/m0/s1. The Morgan fingerprint density at radius 2 is 1.86 bits per heavy atom. The molecule has 0 bridgehead atoms. The van der Waals surface area contributed by atoms with Gasteiger partial charge in [0.15, 0.2) is 11.5 Å². The number of para-hydroxylation sites is 1. The van der Waals surface area contributed by atoms with E-state index >= 15 is 0 Å². The summed E-state index contributed by atoms with van der Waals surface area (Å²) in [6, 6.07) is 15.9. The van der Waals surface area contributed by atoms with Crippen LogP contribution in [0.15, 0.2) is 54.6 Å². The lowest BCUT2D eigenvalue weighted by atomic mass is 9.96. The molecule has 1 atom stereocenters. The second-order valence-electron chi connectivity index (χ2n) is 9.40. The van der Waals surface area contributed by atoms with Gasteiger partial charge in [0.05, 0.1) is 13.2 Å². The third-order valence-electron chi connectivity index (χ3n) is 6.07. The van der Waals surface area contributed by atoms with Crippen molar-refractivity contribution in [2.75, 3.05) is 19.1 Å². The molecule has 0 radical (unpaired) electrons. The van der Waals surface area contributed by atoms with Gasteiger partial charge >= 0.3 is 12.1 Å². The fraction of sp³-hybridized carbons (Fsp3) is 0.310. The van der Waals surface area contributed by atoms with Gasteiger partial charge in [-0.25, -0.2) is 9.59 Å². The van der Waals surface area contributed by atoms with Crippen molar-refractivity contribution in [1.82, 2.24) is 0 Å². The number of ether oxygens (including phenoxy) is 4. The maximum absolute atomic E-state index is 13.1. The molecule has 0 saturated carbocycles. The lowest BCUT2D eigenvalue weighted by Crippen LogP contribution is -2.29. The largest absolute Gasteiger partial charge is 0.495 e. The summed E-state index contributed by atoms with van der Waals surface area (Å²) in [6.07, 6.45) is -0.951. The number of cyclic esters (lactones) is 1. The van der Waals surface area contributed by atoms with Crippen LogP contribution in [0.3, 0.4) is 0 Å². The minimum atomic E-state index is -0.835. The molecule has 1 heterocycles. The van der Waals surface area contributed by atoms with Gasteiger partial charge in [0, 0.05) is 23.9 Å². The van der Waals surface area contributed by atoms with Gasteiger partial charge in [-0.2, -0.15) is 0 Å². The number of amides is 1. The fourth-order valence-electron chi connectivity index (χ4n) is 4.27. The van der Waals surface area contributed by atoms with Crippen molar-refractivity contribution >= 4 is 17.7 Å². The predicted molar refractivity (Wildman–Crippen MR) is 139 cm³/mol. The average molecular weight is 506 g/mol. The van der Waals surface area contributed by atoms with Gasteiger partial charge in [-0.05, 0) is 61.2 Å². The minimum Gasteiger partial charge on any atom is -0.495 e. The van der Waals surface area contributed by atoms with Crippen LogP contribution in [-0.4, -0.2) is 31.3 Å². The first-order valence-electron chi connectivity index (χ1n) is 12.1. The van der Waals surface area contributed by atoms with E-state index in [9.17, 15) is 14.7 Å². The van der Waals surface area contributed by atoms with E-state index in [0.29, 0.717) is 23.2 Å². The molecule has 1 N–H and O–H groups in total. The Hall–Kier alpha value is -4.04. The van der Waals surface area contributed by atoms with Crippen LogP contribution in [0.1, 0.15) is 53.4 Å². The summed E-state index contributed by atoms with van der Waals surface area (Å²) in [7, 11) is 3.04. The maximum atomic E-state index is 13.1. The van der Waals surface area contributed by atoms with Crippen LogP contribution in [0.5, 0.6) is 23.0 Å². The molecule has 194 valence electrons. The number of esters is 1. The van der Waals surface area contributed by atoms with Crippen molar-refractivity contribution in [2.24, 2.45) is 5.92 Å². The number of aliphatic hydroxyl groups is 1. The van der Waals surface area contributed by atoms with Crippen molar-refractivity contribution < 1.29 is 33.6 Å². The number of nitrogens with zero attached hydrogens (tertiary/aromatic N) is 1. The van der Waals surface area contributed by atoms with Crippen LogP contribution in [-0.2, 0) is 11.3 Å². The molecule has 1 amide bonds. The number of aliphatic hydroxyl groups excluding tert-OH is 1. The number of anilines is 1. The second kappa shape index (κ2) is 10.9. The summed E-state index contributed by atoms with van der Waals surface area (Å²) in [5.41, 5.74) is 2.55. The van der Waals surface area contributed by atoms with Crippen LogP contribution in [0, 0.1) is 12.8 Å². The highest BCUT2D eigenvalue weighted by Crippen LogP contribution is 2.44. The Labute approximate surface area is 216 Å². The monoisotopic (exact) mass is 505 g/mol. The summed E-state index contributed by atoms with van der Waals surface area (Å²) in [5.74, 6) is 0.391. The topological polar surface area (TPSA) is 94.5 Å². The lowest BCUT2D eigenvalue weighted by molar-refractivity contribution is 0.0453. The van der Waals surface area contributed by atoms with Gasteiger partial charge in [0.2, 0.25) is 0 Å². The van der Waals surface area contributed by atoms with E-state index in [1.165, 1.54) is 12.0 Å². The second-order valence-corrected chi connectivity index (χ2v) is 9.40. The number of carbonyl (C=O) groups is 2. The van der Waals surface area contributed by atoms with E-state index in [4.69, 9.17) is 18.9 Å². The first kappa shape index (κ1) is 26.0. The molecular formula is C29H31NO7. The third-order valence-corrected chi connectivity index (χ3v) is 6.07. The lowest BCUT2D eigenvalue weighted by Gasteiger charge is -2.25. The molecule has 8 heteroatoms. The number of aryl methyl sites for hydroxylation is 1. The highest BCUT2D eigenvalue weighted by atomic mass is 16.6. The molecule has 0 fully saturated rings. The Bertz CT molecular complexity index is 1300. The van der Waals surface area contributed by atoms with Crippen LogP contribution in [0.25, 0.3) is 0 Å². The van der Waals surface area contributed by atoms with Crippen molar-refractivity contribution in [1.29, 1.82) is 0 Å². The molecule has 0 unspecified atom stereocenters. The number of rotatable bonds is 6. The van der Waals surface area contributed by atoms with Gasteiger partial charge < -0.3 is 24.1 Å². The predicted octanol–water partition coefficient (Wildman–Crippen LogP) is 6.18. The number of fused-ring (bicyclic) bond motifs is 2. The maximum Gasteiger partial charge on any atom is 0.419 e. The summed E-state index contributed by atoms with van der Waals surface area (Å²) < 4.78 is 23.1. The summed E-state index contributed by atoms with van der Waals surface area (Å²) in [5, 5.41) is 10.8. The fourth-order valence-corrected chi connectivity index (χ4v) is 4.27. The van der Waals surface area contributed by atoms with E-state index in [1.54, 1.807) is 37.4 Å². The van der Waals surface area contributed by atoms with Gasteiger partial charge in [0.1, 0.15) is 23.7 Å². The SMILES string of the molecule is COc1c([C@@H](O)CC(C)C)ccc2c1C(=O)OCc1cc(C)cc(OC(=O)N(C)c3ccccc3)c1O2. The molecule has 3 aromatic rings. The van der Waals surface area contributed by atoms with E-state index in [-0.39, 0.29) is 41.1 Å². The number of hydrogen-bond donors (Lipinski definition) is 1. The molecule has 37 heavy (non-hydrogen) atoms. The van der Waals surface area contributed by atoms with Crippen LogP contribution >= 0.6 is 0 Å².